The van der Waals surface area contributed by atoms with E-state index < -0.39 is 5.97 Å². The maximum Gasteiger partial charge on any atom is 0.340 e. The molecule has 6 heteroatoms. The van der Waals surface area contributed by atoms with Crippen LogP contribution in [0.4, 0.5) is 5.00 Å². The van der Waals surface area contributed by atoms with Gasteiger partial charge in [0.2, 0.25) is 5.91 Å². The molecule has 0 saturated carbocycles. The lowest BCUT2D eigenvalue weighted by Gasteiger charge is -2.02. The van der Waals surface area contributed by atoms with E-state index in [1.54, 1.807) is 24.3 Å². The standard InChI is InChI=1S/C14H13NO4S/c1-9-8-11(14(17)18-2)13(20-9)15-12(16)6-5-10-4-3-7-19-10/h3-8H,1-2H3,(H,15,16)/b6-5+. The van der Waals surface area contributed by atoms with E-state index in [2.05, 4.69) is 10.1 Å². The summed E-state index contributed by atoms with van der Waals surface area (Å²) in [5, 5.41) is 3.13. The van der Waals surface area contributed by atoms with Crippen molar-refractivity contribution in [2.45, 2.75) is 6.92 Å². The number of nitrogens with one attached hydrogen (secondary N) is 1. The first-order valence-corrected chi connectivity index (χ1v) is 6.63. The van der Waals surface area contributed by atoms with Gasteiger partial charge in [0.05, 0.1) is 18.9 Å². The first-order valence-electron chi connectivity index (χ1n) is 5.81. The number of carbonyl (C=O) groups excluding carboxylic acids is 2. The summed E-state index contributed by atoms with van der Waals surface area (Å²) in [6.07, 6.45) is 4.41. The zero-order chi connectivity index (χ0) is 14.5. The molecule has 0 fully saturated rings. The molecule has 2 aromatic heterocycles. The van der Waals surface area contributed by atoms with Gasteiger partial charge in [-0.25, -0.2) is 4.79 Å². The minimum Gasteiger partial charge on any atom is -0.465 e. The van der Waals surface area contributed by atoms with Crippen molar-refractivity contribution < 1.29 is 18.7 Å². The fraction of sp³-hybridized carbons (Fsp3) is 0.143. The molecular formula is C14H13NO4S. The Labute approximate surface area is 119 Å². The smallest absolute Gasteiger partial charge is 0.340 e. The van der Waals surface area contributed by atoms with Crippen molar-refractivity contribution in [1.29, 1.82) is 0 Å². The highest BCUT2D eigenvalue weighted by Gasteiger charge is 2.16. The number of anilines is 1. The average molecular weight is 291 g/mol. The Hall–Kier alpha value is -2.34. The lowest BCUT2D eigenvalue weighted by molar-refractivity contribution is -0.111. The van der Waals surface area contributed by atoms with E-state index in [0.29, 0.717) is 16.3 Å². The zero-order valence-electron chi connectivity index (χ0n) is 11.0. The van der Waals surface area contributed by atoms with Crippen molar-refractivity contribution >= 4 is 34.3 Å². The fourth-order valence-corrected chi connectivity index (χ4v) is 2.47. The molecule has 0 aliphatic rings. The molecule has 5 nitrogen and oxygen atoms in total. The summed E-state index contributed by atoms with van der Waals surface area (Å²) in [7, 11) is 1.30. The van der Waals surface area contributed by atoms with Crippen LogP contribution in [0.25, 0.3) is 6.08 Å². The van der Waals surface area contributed by atoms with E-state index >= 15 is 0 Å². The predicted molar refractivity (Wildman–Crippen MR) is 76.8 cm³/mol. The van der Waals surface area contributed by atoms with Gasteiger partial charge >= 0.3 is 5.97 Å². The van der Waals surface area contributed by atoms with E-state index in [4.69, 9.17) is 4.42 Å². The van der Waals surface area contributed by atoms with Gasteiger partial charge in [0, 0.05) is 11.0 Å². The highest BCUT2D eigenvalue weighted by Crippen LogP contribution is 2.28. The van der Waals surface area contributed by atoms with E-state index in [9.17, 15) is 9.59 Å². The third-order valence-electron chi connectivity index (χ3n) is 2.44. The number of ether oxygens (including phenoxy) is 1. The van der Waals surface area contributed by atoms with Crippen LogP contribution in [0.2, 0.25) is 0 Å². The number of hydrogen-bond acceptors (Lipinski definition) is 5. The highest BCUT2D eigenvalue weighted by molar-refractivity contribution is 7.16. The second-order valence-corrected chi connectivity index (χ2v) is 5.19. The summed E-state index contributed by atoms with van der Waals surface area (Å²) >= 11 is 1.32. The van der Waals surface area contributed by atoms with Crippen LogP contribution in [0.15, 0.2) is 35.0 Å². The second-order valence-electron chi connectivity index (χ2n) is 3.93. The monoisotopic (exact) mass is 291 g/mol. The van der Waals surface area contributed by atoms with Crippen LogP contribution in [-0.4, -0.2) is 19.0 Å². The molecule has 20 heavy (non-hydrogen) atoms. The van der Waals surface area contributed by atoms with Gasteiger partial charge in [-0.05, 0) is 31.2 Å². The number of amides is 1. The van der Waals surface area contributed by atoms with Crippen LogP contribution in [-0.2, 0) is 9.53 Å². The van der Waals surface area contributed by atoms with Crippen molar-refractivity contribution in [1.82, 2.24) is 0 Å². The Bertz CT molecular complexity index is 640. The van der Waals surface area contributed by atoms with Gasteiger partial charge < -0.3 is 14.5 Å². The molecule has 0 aromatic carbocycles. The van der Waals surface area contributed by atoms with Crippen molar-refractivity contribution in [3.63, 3.8) is 0 Å². The maximum atomic E-state index is 11.8. The zero-order valence-corrected chi connectivity index (χ0v) is 11.8. The summed E-state index contributed by atoms with van der Waals surface area (Å²) in [5.41, 5.74) is 0.356. The molecule has 0 radical (unpaired) electrons. The van der Waals surface area contributed by atoms with Crippen LogP contribution in [0, 0.1) is 6.92 Å². The number of rotatable bonds is 4. The number of methoxy groups -OCH3 is 1. The van der Waals surface area contributed by atoms with Gasteiger partial charge in [-0.3, -0.25) is 4.79 Å². The van der Waals surface area contributed by atoms with Crippen molar-refractivity contribution in [3.05, 3.63) is 46.7 Å². The van der Waals surface area contributed by atoms with Crippen LogP contribution >= 0.6 is 11.3 Å². The molecule has 2 heterocycles. The van der Waals surface area contributed by atoms with E-state index in [1.165, 1.54) is 30.8 Å². The number of furan rings is 1. The third-order valence-corrected chi connectivity index (χ3v) is 3.41. The van der Waals surface area contributed by atoms with Crippen molar-refractivity contribution in [2.24, 2.45) is 0 Å². The van der Waals surface area contributed by atoms with Gasteiger partial charge in [-0.2, -0.15) is 0 Å². The van der Waals surface area contributed by atoms with Crippen LogP contribution in [0.3, 0.4) is 0 Å². The number of aryl methyl sites for hydroxylation is 1. The molecule has 0 aliphatic heterocycles. The molecule has 0 bridgehead atoms. The first kappa shape index (κ1) is 14.1. The molecule has 0 aliphatic carbocycles. The van der Waals surface area contributed by atoms with Gasteiger partial charge in [0.1, 0.15) is 10.8 Å². The summed E-state index contributed by atoms with van der Waals surface area (Å²) in [6, 6.07) is 5.15. The summed E-state index contributed by atoms with van der Waals surface area (Å²) in [6.45, 7) is 1.85. The molecule has 1 N–H and O–H groups in total. The third kappa shape index (κ3) is 3.36. The second kappa shape index (κ2) is 6.21. The van der Waals surface area contributed by atoms with Gasteiger partial charge in [-0.1, -0.05) is 0 Å². The van der Waals surface area contributed by atoms with E-state index in [1.807, 2.05) is 6.92 Å². The SMILES string of the molecule is COC(=O)c1cc(C)sc1NC(=O)/C=C/c1ccco1. The predicted octanol–water partition coefficient (Wildman–Crippen LogP) is 3.09. The Balaban J connectivity index is 2.10. The highest BCUT2D eigenvalue weighted by atomic mass is 32.1. The number of hydrogen-bond donors (Lipinski definition) is 1. The van der Waals surface area contributed by atoms with Gasteiger partial charge in [0.15, 0.2) is 0 Å². The molecule has 0 spiro atoms. The number of thiophene rings is 1. The molecular weight excluding hydrogens is 278 g/mol. The largest absolute Gasteiger partial charge is 0.465 e. The van der Waals surface area contributed by atoms with Crippen molar-refractivity contribution in [3.8, 4) is 0 Å². The molecule has 0 saturated heterocycles. The molecule has 1 amide bonds. The molecule has 0 atom stereocenters. The molecule has 0 unspecified atom stereocenters. The molecule has 2 rings (SSSR count). The topological polar surface area (TPSA) is 68.5 Å². The van der Waals surface area contributed by atoms with Crippen molar-refractivity contribution in [2.75, 3.05) is 12.4 Å². The Morgan fingerprint density at radius 1 is 1.45 bits per heavy atom. The maximum absolute atomic E-state index is 11.8. The Morgan fingerprint density at radius 3 is 2.90 bits per heavy atom. The first-order chi connectivity index (χ1) is 9.60. The lowest BCUT2D eigenvalue weighted by Crippen LogP contribution is -2.10. The van der Waals surface area contributed by atoms with Crippen LogP contribution in [0.5, 0.6) is 0 Å². The number of carbonyl (C=O) groups is 2. The molecule has 104 valence electrons. The summed E-state index contributed by atoms with van der Waals surface area (Å²) in [4.78, 5) is 24.3. The van der Waals surface area contributed by atoms with E-state index in [-0.39, 0.29) is 5.91 Å². The normalized spacial score (nSPS) is 10.7. The Morgan fingerprint density at radius 2 is 2.25 bits per heavy atom. The fourth-order valence-electron chi connectivity index (χ4n) is 1.57. The summed E-state index contributed by atoms with van der Waals surface area (Å²) < 4.78 is 9.75. The van der Waals surface area contributed by atoms with Crippen LogP contribution < -0.4 is 5.32 Å². The van der Waals surface area contributed by atoms with E-state index in [0.717, 1.165) is 4.88 Å². The lowest BCUT2D eigenvalue weighted by atomic mass is 10.3. The van der Waals surface area contributed by atoms with Gasteiger partial charge in [0.25, 0.3) is 0 Å². The van der Waals surface area contributed by atoms with Crippen LogP contribution in [0.1, 0.15) is 21.0 Å². The minimum absolute atomic E-state index is 0.339. The molecule has 2 aromatic rings. The number of esters is 1. The average Bonchev–Trinajstić information content (AvgIpc) is 3.05. The Kier molecular flexibility index (Phi) is 4.37. The van der Waals surface area contributed by atoms with Gasteiger partial charge in [-0.15, -0.1) is 11.3 Å². The minimum atomic E-state index is -0.473. The quantitative estimate of drug-likeness (QED) is 0.694. The summed E-state index contributed by atoms with van der Waals surface area (Å²) in [5.74, 6) is -0.233.